The van der Waals surface area contributed by atoms with Gasteiger partial charge >= 0.3 is 0 Å². The molecule has 4 rings (SSSR count). The Balaban J connectivity index is 1.56. The van der Waals surface area contributed by atoms with Gasteiger partial charge in [-0.1, -0.05) is 42.5 Å². The number of primary amides is 1. The molecule has 1 fully saturated rings. The van der Waals surface area contributed by atoms with E-state index in [9.17, 15) is 18.4 Å². The highest BCUT2D eigenvalue weighted by Gasteiger charge is 2.41. The highest BCUT2D eigenvalue weighted by molar-refractivity contribution is 5.94. The van der Waals surface area contributed by atoms with Gasteiger partial charge in [-0.2, -0.15) is 0 Å². The van der Waals surface area contributed by atoms with Crippen LogP contribution in [0.15, 0.2) is 72.8 Å². The molecular weight excluding hydrogens is 410 g/mol. The Labute approximate surface area is 185 Å². The lowest BCUT2D eigenvalue weighted by molar-refractivity contribution is -0.130. The number of carbonyl (C=O) groups is 2. The SMILES string of the molecule is NC(=O)C1(Cc2ccccc2-c2cccc(F)c2)CCN(C(=O)c2cccc(F)c2)CC1. The number of nitrogens with two attached hydrogens (primary N) is 1. The van der Waals surface area contributed by atoms with Crippen molar-refractivity contribution in [3.63, 3.8) is 0 Å². The van der Waals surface area contributed by atoms with Gasteiger partial charge in [-0.25, -0.2) is 8.78 Å². The quantitative estimate of drug-likeness (QED) is 0.639. The molecule has 0 saturated carbocycles. The molecule has 4 nitrogen and oxygen atoms in total. The first-order valence-electron chi connectivity index (χ1n) is 10.6. The fraction of sp³-hybridized carbons (Fsp3) is 0.231. The summed E-state index contributed by atoms with van der Waals surface area (Å²) in [5, 5.41) is 0. The number of carbonyl (C=O) groups excluding carboxylic acids is 2. The lowest BCUT2D eigenvalue weighted by Gasteiger charge is -2.40. The third-order valence-corrected chi connectivity index (χ3v) is 6.28. The maximum Gasteiger partial charge on any atom is 0.253 e. The molecule has 2 amide bonds. The molecule has 0 aromatic heterocycles. The van der Waals surface area contributed by atoms with E-state index in [-0.39, 0.29) is 17.3 Å². The van der Waals surface area contributed by atoms with Crippen molar-refractivity contribution < 1.29 is 18.4 Å². The molecule has 0 bridgehead atoms. The minimum Gasteiger partial charge on any atom is -0.369 e. The highest BCUT2D eigenvalue weighted by atomic mass is 19.1. The second kappa shape index (κ2) is 8.91. The standard InChI is InChI=1S/C26H24F2N2O2/c27-21-8-3-6-18(15-21)23-10-2-1-5-20(23)17-26(25(29)32)11-13-30(14-12-26)24(31)19-7-4-9-22(28)16-19/h1-10,15-16H,11-14,17H2,(H2,29,32). The van der Waals surface area contributed by atoms with E-state index in [1.807, 2.05) is 30.3 Å². The van der Waals surface area contributed by atoms with Crippen LogP contribution >= 0.6 is 0 Å². The largest absolute Gasteiger partial charge is 0.369 e. The van der Waals surface area contributed by atoms with Crippen molar-refractivity contribution in [2.45, 2.75) is 19.3 Å². The number of hydrogen-bond acceptors (Lipinski definition) is 2. The lowest BCUT2D eigenvalue weighted by Crippen LogP contribution is -2.50. The molecule has 0 spiro atoms. The van der Waals surface area contributed by atoms with Crippen LogP contribution in [0.2, 0.25) is 0 Å². The maximum absolute atomic E-state index is 13.8. The van der Waals surface area contributed by atoms with Gasteiger partial charge in [-0.05, 0) is 66.3 Å². The fourth-order valence-corrected chi connectivity index (χ4v) is 4.43. The molecule has 0 atom stereocenters. The van der Waals surface area contributed by atoms with E-state index in [2.05, 4.69) is 0 Å². The van der Waals surface area contributed by atoms with Gasteiger partial charge in [-0.3, -0.25) is 9.59 Å². The first-order valence-corrected chi connectivity index (χ1v) is 10.6. The molecular formula is C26H24F2N2O2. The normalized spacial score (nSPS) is 15.4. The van der Waals surface area contributed by atoms with E-state index in [1.54, 1.807) is 17.0 Å². The second-order valence-electron chi connectivity index (χ2n) is 8.29. The van der Waals surface area contributed by atoms with E-state index in [0.717, 1.165) is 16.7 Å². The zero-order valence-electron chi connectivity index (χ0n) is 17.6. The van der Waals surface area contributed by atoms with Crippen LogP contribution in [0, 0.1) is 17.0 Å². The maximum atomic E-state index is 13.8. The Morgan fingerprint density at radius 2 is 1.53 bits per heavy atom. The van der Waals surface area contributed by atoms with Crippen molar-refractivity contribution in [2.75, 3.05) is 13.1 Å². The van der Waals surface area contributed by atoms with E-state index in [4.69, 9.17) is 5.73 Å². The van der Waals surface area contributed by atoms with Crippen LogP contribution in [0.4, 0.5) is 8.78 Å². The van der Waals surface area contributed by atoms with E-state index in [0.29, 0.717) is 32.4 Å². The molecule has 164 valence electrons. The third-order valence-electron chi connectivity index (χ3n) is 6.28. The van der Waals surface area contributed by atoms with E-state index < -0.39 is 17.1 Å². The van der Waals surface area contributed by atoms with Gasteiger partial charge in [0.05, 0.1) is 5.41 Å². The average Bonchev–Trinajstić information content (AvgIpc) is 2.79. The van der Waals surface area contributed by atoms with Crippen molar-refractivity contribution in [2.24, 2.45) is 11.1 Å². The molecule has 3 aromatic carbocycles. The zero-order valence-corrected chi connectivity index (χ0v) is 17.6. The zero-order chi connectivity index (χ0) is 22.7. The number of amides is 2. The van der Waals surface area contributed by atoms with Crippen LogP contribution in [-0.2, 0) is 11.2 Å². The van der Waals surface area contributed by atoms with Crippen LogP contribution in [0.5, 0.6) is 0 Å². The van der Waals surface area contributed by atoms with E-state index >= 15 is 0 Å². The number of likely N-dealkylation sites (tertiary alicyclic amines) is 1. The molecule has 6 heteroatoms. The van der Waals surface area contributed by atoms with Gasteiger partial charge in [0.2, 0.25) is 5.91 Å². The molecule has 1 heterocycles. The summed E-state index contributed by atoms with van der Waals surface area (Å²) in [5.74, 6) is -1.47. The van der Waals surface area contributed by atoms with Gasteiger partial charge in [0.1, 0.15) is 11.6 Å². The Kier molecular flexibility index (Phi) is 6.04. The molecule has 0 radical (unpaired) electrons. The van der Waals surface area contributed by atoms with Crippen molar-refractivity contribution in [1.29, 1.82) is 0 Å². The third kappa shape index (κ3) is 4.40. The fourth-order valence-electron chi connectivity index (χ4n) is 4.43. The number of rotatable bonds is 5. The Hall–Kier alpha value is -3.54. The van der Waals surface area contributed by atoms with Crippen LogP contribution in [-0.4, -0.2) is 29.8 Å². The van der Waals surface area contributed by atoms with Crippen molar-refractivity contribution in [3.8, 4) is 11.1 Å². The summed E-state index contributed by atoms with van der Waals surface area (Å²) in [5.41, 5.74) is 7.82. The van der Waals surface area contributed by atoms with Crippen molar-refractivity contribution >= 4 is 11.8 Å². The summed E-state index contributed by atoms with van der Waals surface area (Å²) in [6, 6.07) is 19.5. The monoisotopic (exact) mass is 434 g/mol. The summed E-state index contributed by atoms with van der Waals surface area (Å²) >= 11 is 0. The minimum absolute atomic E-state index is 0.261. The van der Waals surface area contributed by atoms with Gasteiger partial charge in [0, 0.05) is 18.7 Å². The summed E-state index contributed by atoms with van der Waals surface area (Å²) in [6.07, 6.45) is 1.21. The second-order valence-corrected chi connectivity index (χ2v) is 8.29. The smallest absolute Gasteiger partial charge is 0.253 e. The molecule has 32 heavy (non-hydrogen) atoms. The van der Waals surface area contributed by atoms with Gasteiger partial charge in [-0.15, -0.1) is 0 Å². The number of hydrogen-bond donors (Lipinski definition) is 1. The van der Waals surface area contributed by atoms with Crippen molar-refractivity contribution in [1.82, 2.24) is 4.90 Å². The first-order chi connectivity index (χ1) is 15.4. The minimum atomic E-state index is -0.817. The van der Waals surface area contributed by atoms with Crippen molar-refractivity contribution in [3.05, 3.63) is 95.6 Å². The van der Waals surface area contributed by atoms with Gasteiger partial charge < -0.3 is 10.6 Å². The first kappa shape index (κ1) is 21.7. The Bertz CT molecular complexity index is 1150. The molecule has 1 aliphatic heterocycles. The number of halogens is 2. The van der Waals surface area contributed by atoms with Gasteiger partial charge in [0.15, 0.2) is 0 Å². The highest BCUT2D eigenvalue weighted by Crippen LogP contribution is 2.38. The summed E-state index contributed by atoms with van der Waals surface area (Å²) < 4.78 is 27.3. The number of nitrogens with zero attached hydrogens (tertiary/aromatic N) is 1. The summed E-state index contributed by atoms with van der Waals surface area (Å²) in [7, 11) is 0. The predicted octanol–water partition coefficient (Wildman–Crippen LogP) is 4.58. The summed E-state index contributed by atoms with van der Waals surface area (Å²) in [6.45, 7) is 0.695. The predicted molar refractivity (Wildman–Crippen MR) is 119 cm³/mol. The molecule has 1 aliphatic rings. The average molecular weight is 434 g/mol. The van der Waals surface area contributed by atoms with E-state index in [1.165, 1.54) is 30.3 Å². The molecule has 1 saturated heterocycles. The lowest BCUT2D eigenvalue weighted by atomic mass is 9.72. The van der Waals surface area contributed by atoms with Crippen LogP contribution in [0.25, 0.3) is 11.1 Å². The molecule has 2 N–H and O–H groups in total. The van der Waals surface area contributed by atoms with Crippen LogP contribution in [0.1, 0.15) is 28.8 Å². The van der Waals surface area contributed by atoms with Crippen LogP contribution in [0.3, 0.4) is 0 Å². The Morgan fingerprint density at radius 1 is 0.875 bits per heavy atom. The number of benzene rings is 3. The molecule has 0 aliphatic carbocycles. The molecule has 0 unspecified atom stereocenters. The summed E-state index contributed by atoms with van der Waals surface area (Å²) in [4.78, 5) is 27.0. The molecule has 3 aromatic rings. The topological polar surface area (TPSA) is 63.4 Å². The number of piperidine rings is 1. The Morgan fingerprint density at radius 3 is 2.19 bits per heavy atom. The van der Waals surface area contributed by atoms with Gasteiger partial charge in [0.25, 0.3) is 5.91 Å². The van der Waals surface area contributed by atoms with Crippen LogP contribution < -0.4 is 5.73 Å².